The largest absolute Gasteiger partial charge is 0.366 e. The lowest BCUT2D eigenvalue weighted by molar-refractivity contribution is 0.242. The molecule has 6 heteroatoms. The van der Waals surface area contributed by atoms with Crippen LogP contribution in [0.15, 0.2) is 30.5 Å². The van der Waals surface area contributed by atoms with E-state index in [1.54, 1.807) is 0 Å². The summed E-state index contributed by atoms with van der Waals surface area (Å²) in [6.45, 7) is 11.8. The van der Waals surface area contributed by atoms with Crippen molar-refractivity contribution in [3.05, 3.63) is 36.2 Å². The zero-order valence-electron chi connectivity index (χ0n) is 16.9. The summed E-state index contributed by atoms with van der Waals surface area (Å²) in [7, 11) is 0. The average Bonchev–Trinajstić information content (AvgIpc) is 3.07. The van der Waals surface area contributed by atoms with Gasteiger partial charge in [-0.05, 0) is 51.5 Å². The summed E-state index contributed by atoms with van der Waals surface area (Å²) in [5, 5.41) is 3.02. The van der Waals surface area contributed by atoms with Crippen molar-refractivity contribution in [3.63, 3.8) is 0 Å². The van der Waals surface area contributed by atoms with Gasteiger partial charge in [0.2, 0.25) is 0 Å². The fraction of sp³-hybridized carbons (Fsp3) is 0.476. The SMILES string of the molecule is CC.Cc1ccc(-c2ccc3c(n2)N(C(=O)NC(C)C)C2CCN3C2)cn1. The molecule has 0 radical (unpaired) electrons. The topological polar surface area (TPSA) is 61.4 Å². The molecule has 2 aliphatic heterocycles. The highest BCUT2D eigenvalue weighted by Gasteiger charge is 2.40. The van der Waals surface area contributed by atoms with Crippen LogP contribution in [0.5, 0.6) is 0 Å². The van der Waals surface area contributed by atoms with Gasteiger partial charge in [0, 0.05) is 36.6 Å². The van der Waals surface area contributed by atoms with E-state index in [1.165, 1.54) is 0 Å². The zero-order chi connectivity index (χ0) is 19.6. The van der Waals surface area contributed by atoms with E-state index in [0.717, 1.165) is 48.0 Å². The van der Waals surface area contributed by atoms with Gasteiger partial charge < -0.3 is 10.2 Å². The van der Waals surface area contributed by atoms with Crippen LogP contribution in [0.1, 0.15) is 39.8 Å². The average molecular weight is 367 g/mol. The molecule has 4 rings (SSSR count). The smallest absolute Gasteiger partial charge is 0.323 e. The van der Waals surface area contributed by atoms with Crippen molar-refractivity contribution in [1.29, 1.82) is 0 Å². The summed E-state index contributed by atoms with van der Waals surface area (Å²) in [5.74, 6) is 0.755. The molecule has 0 saturated carbocycles. The number of hydrogen-bond donors (Lipinski definition) is 1. The molecule has 0 spiro atoms. The highest BCUT2D eigenvalue weighted by molar-refractivity contribution is 5.97. The summed E-state index contributed by atoms with van der Waals surface area (Å²) in [5.41, 5.74) is 3.82. The van der Waals surface area contributed by atoms with Gasteiger partial charge in [-0.1, -0.05) is 13.8 Å². The van der Waals surface area contributed by atoms with E-state index in [-0.39, 0.29) is 18.1 Å². The summed E-state index contributed by atoms with van der Waals surface area (Å²) < 4.78 is 0. The summed E-state index contributed by atoms with van der Waals surface area (Å²) in [6, 6.07) is 8.32. The Balaban J connectivity index is 0.00000102. The maximum Gasteiger partial charge on any atom is 0.323 e. The van der Waals surface area contributed by atoms with Crippen LogP contribution in [-0.4, -0.2) is 41.2 Å². The van der Waals surface area contributed by atoms with Crippen LogP contribution < -0.4 is 15.1 Å². The molecule has 2 aromatic rings. The second-order valence-corrected chi connectivity index (χ2v) is 7.09. The molecule has 0 aromatic carbocycles. The molecule has 144 valence electrons. The molecule has 1 N–H and O–H groups in total. The van der Waals surface area contributed by atoms with Gasteiger partial charge in [-0.25, -0.2) is 9.78 Å². The lowest BCUT2D eigenvalue weighted by atomic mass is 10.1. The Hall–Kier alpha value is -2.63. The van der Waals surface area contributed by atoms with Gasteiger partial charge in [-0.2, -0.15) is 0 Å². The molecule has 2 amide bonds. The van der Waals surface area contributed by atoms with E-state index in [1.807, 2.05) is 63.9 Å². The van der Waals surface area contributed by atoms with Crippen molar-refractivity contribution in [2.45, 2.75) is 53.1 Å². The van der Waals surface area contributed by atoms with E-state index >= 15 is 0 Å². The first kappa shape index (κ1) is 19.1. The number of amides is 2. The minimum atomic E-state index is -0.0607. The highest BCUT2D eigenvalue weighted by atomic mass is 16.2. The standard InChI is InChI=1S/C19H23N5O.C2H6/c1-12(2)21-19(25)24-15-8-9-23(11-15)17-7-6-16(22-18(17)24)14-5-4-13(3)20-10-14;1-2/h4-7,10,12,15H,8-9,11H2,1-3H3,(H,21,25);1-2H3. The monoisotopic (exact) mass is 367 g/mol. The summed E-state index contributed by atoms with van der Waals surface area (Å²) in [6.07, 6.45) is 2.81. The van der Waals surface area contributed by atoms with Crippen molar-refractivity contribution in [1.82, 2.24) is 15.3 Å². The number of hydrogen-bond acceptors (Lipinski definition) is 4. The molecular weight excluding hydrogens is 338 g/mol. The number of rotatable bonds is 2. The molecule has 1 unspecified atom stereocenters. The molecule has 6 nitrogen and oxygen atoms in total. The first-order chi connectivity index (χ1) is 13.0. The Morgan fingerprint density at radius 1 is 1.22 bits per heavy atom. The van der Waals surface area contributed by atoms with Crippen LogP contribution in [0.4, 0.5) is 16.3 Å². The molecule has 0 aliphatic carbocycles. The van der Waals surface area contributed by atoms with Crippen LogP contribution in [0.25, 0.3) is 11.3 Å². The van der Waals surface area contributed by atoms with E-state index in [9.17, 15) is 4.79 Å². The summed E-state index contributed by atoms with van der Waals surface area (Å²) >= 11 is 0. The molecule has 1 fully saturated rings. The van der Waals surface area contributed by atoms with Crippen LogP contribution in [0, 0.1) is 6.92 Å². The Kier molecular flexibility index (Phi) is 5.63. The van der Waals surface area contributed by atoms with E-state index in [2.05, 4.69) is 21.3 Å². The predicted molar refractivity (Wildman–Crippen MR) is 110 cm³/mol. The van der Waals surface area contributed by atoms with Gasteiger partial charge in [0.1, 0.15) is 0 Å². The molecule has 27 heavy (non-hydrogen) atoms. The number of urea groups is 1. The van der Waals surface area contributed by atoms with E-state index in [0.29, 0.717) is 0 Å². The van der Waals surface area contributed by atoms with Crippen LogP contribution in [-0.2, 0) is 0 Å². The van der Waals surface area contributed by atoms with Gasteiger partial charge in [-0.15, -0.1) is 0 Å². The lowest BCUT2D eigenvalue weighted by Crippen LogP contribution is -2.52. The van der Waals surface area contributed by atoms with Crippen molar-refractivity contribution in [2.24, 2.45) is 0 Å². The molecular formula is C21H29N5O. The Bertz CT molecular complexity index is 803. The van der Waals surface area contributed by atoms with Gasteiger partial charge >= 0.3 is 6.03 Å². The maximum atomic E-state index is 12.8. The second kappa shape index (κ2) is 7.94. The van der Waals surface area contributed by atoms with Crippen LogP contribution >= 0.6 is 0 Å². The number of nitrogens with one attached hydrogen (secondary N) is 1. The predicted octanol–water partition coefficient (Wildman–Crippen LogP) is 3.99. The number of pyridine rings is 2. The number of carbonyl (C=O) groups excluding carboxylic acids is 1. The Morgan fingerprint density at radius 3 is 2.67 bits per heavy atom. The van der Waals surface area contributed by atoms with Gasteiger partial charge in [0.05, 0.1) is 17.4 Å². The maximum absolute atomic E-state index is 12.8. The van der Waals surface area contributed by atoms with Crippen molar-refractivity contribution in [2.75, 3.05) is 22.9 Å². The van der Waals surface area contributed by atoms with Crippen molar-refractivity contribution in [3.8, 4) is 11.3 Å². The lowest BCUT2D eigenvalue weighted by Gasteiger charge is -2.36. The molecule has 2 aromatic heterocycles. The fourth-order valence-corrected chi connectivity index (χ4v) is 3.57. The summed E-state index contributed by atoms with van der Waals surface area (Å²) in [4.78, 5) is 26.2. The fourth-order valence-electron chi connectivity index (χ4n) is 3.57. The first-order valence-corrected chi connectivity index (χ1v) is 9.81. The molecule has 2 bridgehead atoms. The molecule has 4 heterocycles. The second-order valence-electron chi connectivity index (χ2n) is 7.09. The third-order valence-electron chi connectivity index (χ3n) is 4.79. The number of aryl methyl sites for hydroxylation is 1. The number of fused-ring (bicyclic) bond motifs is 4. The van der Waals surface area contributed by atoms with Gasteiger partial charge in [-0.3, -0.25) is 9.88 Å². The number of anilines is 2. The number of nitrogens with zero attached hydrogens (tertiary/aromatic N) is 4. The minimum absolute atomic E-state index is 0.0607. The quantitative estimate of drug-likeness (QED) is 0.872. The van der Waals surface area contributed by atoms with Crippen LogP contribution in [0.2, 0.25) is 0 Å². The Morgan fingerprint density at radius 2 is 2.00 bits per heavy atom. The minimum Gasteiger partial charge on any atom is -0.366 e. The first-order valence-electron chi connectivity index (χ1n) is 9.81. The van der Waals surface area contributed by atoms with Crippen LogP contribution in [0.3, 0.4) is 0 Å². The number of aromatic nitrogens is 2. The van der Waals surface area contributed by atoms with Crippen molar-refractivity contribution < 1.29 is 4.79 Å². The molecule has 2 aliphatic rings. The molecule has 1 atom stereocenters. The third kappa shape index (κ3) is 3.75. The number of carbonyl (C=O) groups is 1. The zero-order valence-corrected chi connectivity index (χ0v) is 16.9. The van der Waals surface area contributed by atoms with E-state index in [4.69, 9.17) is 4.98 Å². The van der Waals surface area contributed by atoms with E-state index < -0.39 is 0 Å². The highest BCUT2D eigenvalue weighted by Crippen LogP contribution is 2.40. The molecule has 1 saturated heterocycles. The van der Waals surface area contributed by atoms with Gasteiger partial charge in [0.15, 0.2) is 5.82 Å². The van der Waals surface area contributed by atoms with Gasteiger partial charge in [0.25, 0.3) is 0 Å². The van der Waals surface area contributed by atoms with Crippen molar-refractivity contribution >= 4 is 17.5 Å². The third-order valence-corrected chi connectivity index (χ3v) is 4.79. The Labute approximate surface area is 161 Å². The normalized spacial score (nSPS) is 17.3.